The Balaban J connectivity index is 1.90. The molecule has 10 heteroatoms. The Bertz CT molecular complexity index is 1370. The highest BCUT2D eigenvalue weighted by Gasteiger charge is 2.20. The first-order valence-electron chi connectivity index (χ1n) is 9.83. The molecule has 0 atom stereocenters. The van der Waals surface area contributed by atoms with Crippen LogP contribution in [0.1, 0.15) is 35.0 Å². The van der Waals surface area contributed by atoms with Gasteiger partial charge in [-0.3, -0.25) is 10.1 Å². The highest BCUT2D eigenvalue weighted by atomic mass is 32.2. The Morgan fingerprint density at radius 1 is 1.19 bits per heavy atom. The number of anilines is 1. The Morgan fingerprint density at radius 3 is 2.53 bits per heavy atom. The Labute approximate surface area is 191 Å². The number of nitriles is 1. The van der Waals surface area contributed by atoms with Gasteiger partial charge < -0.3 is 4.57 Å². The second kappa shape index (κ2) is 9.06. The lowest BCUT2D eigenvalue weighted by atomic mass is 10.1. The number of nitrogens with one attached hydrogen (secondary N) is 1. The molecule has 2 aromatic heterocycles. The maximum atomic E-state index is 12.6. The number of hydrogen-bond acceptors (Lipinski definition) is 7. The molecule has 1 aromatic carbocycles. The van der Waals surface area contributed by atoms with Crippen molar-refractivity contribution in [1.82, 2.24) is 14.8 Å². The van der Waals surface area contributed by atoms with Crippen molar-refractivity contribution in [2.45, 2.75) is 39.0 Å². The summed E-state index contributed by atoms with van der Waals surface area (Å²) in [6, 6.07) is 10.0. The van der Waals surface area contributed by atoms with E-state index in [9.17, 15) is 18.5 Å². The number of aryl methyl sites for hydroxylation is 3. The van der Waals surface area contributed by atoms with Crippen molar-refractivity contribution < 1.29 is 13.2 Å². The van der Waals surface area contributed by atoms with Gasteiger partial charge >= 0.3 is 0 Å². The number of hydrogen-bond donors (Lipinski definition) is 1. The van der Waals surface area contributed by atoms with Crippen molar-refractivity contribution in [2.24, 2.45) is 0 Å². The Hall–Kier alpha value is -3.29. The summed E-state index contributed by atoms with van der Waals surface area (Å²) in [5.74, 6) is -0.797. The van der Waals surface area contributed by atoms with E-state index in [4.69, 9.17) is 0 Å². The Kier molecular flexibility index (Phi) is 6.62. The fraction of sp³-hybridized carbons (Fsp3) is 0.273. The Morgan fingerprint density at radius 2 is 1.91 bits per heavy atom. The topological polar surface area (TPSA) is 118 Å². The smallest absolute Gasteiger partial charge is 0.268 e. The van der Waals surface area contributed by atoms with Crippen LogP contribution < -0.4 is 5.32 Å². The second-order valence-corrected chi connectivity index (χ2v) is 10.8. The van der Waals surface area contributed by atoms with E-state index in [1.165, 1.54) is 24.1 Å². The van der Waals surface area contributed by atoms with E-state index in [1.54, 1.807) is 0 Å². The zero-order valence-electron chi connectivity index (χ0n) is 18.4. The van der Waals surface area contributed by atoms with Crippen LogP contribution in [0.4, 0.5) is 5.13 Å². The van der Waals surface area contributed by atoms with E-state index >= 15 is 0 Å². The lowest BCUT2D eigenvalue weighted by molar-refractivity contribution is -0.112. The molecule has 2 heterocycles. The van der Waals surface area contributed by atoms with Crippen LogP contribution in [0.3, 0.4) is 0 Å². The van der Waals surface area contributed by atoms with Gasteiger partial charge in [0.15, 0.2) is 0 Å². The van der Waals surface area contributed by atoms with Crippen LogP contribution in [-0.4, -0.2) is 34.8 Å². The molecule has 0 saturated heterocycles. The van der Waals surface area contributed by atoms with Crippen molar-refractivity contribution in [2.75, 3.05) is 11.1 Å². The van der Waals surface area contributed by atoms with Gasteiger partial charge in [-0.2, -0.15) is 5.26 Å². The molecule has 0 spiro atoms. The number of carbonyl (C=O) groups excluding carboxylic acids is 1. The molecule has 8 nitrogen and oxygen atoms in total. The summed E-state index contributed by atoms with van der Waals surface area (Å²) in [6.45, 7) is 9.49. The van der Waals surface area contributed by atoms with Crippen LogP contribution in [0.2, 0.25) is 0 Å². The summed E-state index contributed by atoms with van der Waals surface area (Å²) in [4.78, 5) is 12.6. The zero-order valence-corrected chi connectivity index (χ0v) is 20.1. The third-order valence-electron chi connectivity index (χ3n) is 5.16. The number of benzene rings is 1. The number of amides is 1. The van der Waals surface area contributed by atoms with Gasteiger partial charge in [-0.05, 0) is 68.7 Å². The fourth-order valence-electron chi connectivity index (χ4n) is 3.17. The van der Waals surface area contributed by atoms with Crippen molar-refractivity contribution in [3.63, 3.8) is 0 Å². The minimum atomic E-state index is -3.52. The van der Waals surface area contributed by atoms with Crippen molar-refractivity contribution >= 4 is 38.3 Å². The average Bonchev–Trinajstić information content (AvgIpc) is 3.33. The molecule has 0 saturated carbocycles. The lowest BCUT2D eigenvalue weighted by Crippen LogP contribution is -2.13. The summed E-state index contributed by atoms with van der Waals surface area (Å²) in [6.07, 6.45) is 1.51. The quantitative estimate of drug-likeness (QED) is 0.332. The first kappa shape index (κ1) is 23.4. The molecule has 0 aliphatic rings. The molecule has 1 N–H and O–H groups in total. The van der Waals surface area contributed by atoms with Crippen LogP contribution in [-0.2, 0) is 14.6 Å². The highest BCUT2D eigenvalue weighted by molar-refractivity contribution is 7.93. The standard InChI is InChI=1S/C22H23N5O3S2/c1-6-32(29,30)22-26-25-21(31-22)24-20(28)18(12-23)11-17-10-15(4)27(16(17)5)19-8-7-13(2)14(3)9-19/h7-11H,6H2,1-5H3,(H,24,25,28)/b18-11-. The highest BCUT2D eigenvalue weighted by Crippen LogP contribution is 2.25. The number of carbonyl (C=O) groups is 1. The molecule has 0 radical (unpaired) electrons. The molecule has 3 rings (SSSR count). The summed E-state index contributed by atoms with van der Waals surface area (Å²) >= 11 is 0.753. The number of nitrogens with zero attached hydrogens (tertiary/aromatic N) is 4. The van der Waals surface area contributed by atoms with Gasteiger partial charge in [0.25, 0.3) is 5.91 Å². The zero-order chi connectivity index (χ0) is 23.6. The van der Waals surface area contributed by atoms with Crippen molar-refractivity contribution in [3.05, 3.63) is 57.9 Å². The van der Waals surface area contributed by atoms with Gasteiger partial charge in [-0.15, -0.1) is 10.2 Å². The number of sulfone groups is 1. The third kappa shape index (κ3) is 4.64. The van der Waals surface area contributed by atoms with Gasteiger partial charge in [0.2, 0.25) is 19.3 Å². The van der Waals surface area contributed by atoms with Gasteiger partial charge in [-0.25, -0.2) is 8.42 Å². The third-order valence-corrected chi connectivity index (χ3v) is 8.18. The van der Waals surface area contributed by atoms with E-state index < -0.39 is 15.7 Å². The minimum Gasteiger partial charge on any atom is -0.318 e. The van der Waals surface area contributed by atoms with E-state index in [0.29, 0.717) is 0 Å². The van der Waals surface area contributed by atoms with E-state index in [0.717, 1.165) is 34.0 Å². The van der Waals surface area contributed by atoms with Crippen LogP contribution >= 0.6 is 11.3 Å². The molecule has 1 amide bonds. The van der Waals surface area contributed by atoms with E-state index in [1.807, 2.05) is 32.0 Å². The predicted molar refractivity (Wildman–Crippen MR) is 125 cm³/mol. The minimum absolute atomic E-state index is 0.0174. The molecule has 0 unspecified atom stereocenters. The summed E-state index contributed by atoms with van der Waals surface area (Å²) in [5, 5.41) is 19.3. The molecule has 166 valence electrons. The maximum absolute atomic E-state index is 12.6. The SMILES string of the molecule is CCS(=O)(=O)c1nnc(NC(=O)/C(C#N)=C\c2cc(C)n(-c3ccc(C)c(C)c3)c2C)s1. The van der Waals surface area contributed by atoms with E-state index in [2.05, 4.69) is 46.1 Å². The van der Waals surface area contributed by atoms with Crippen LogP contribution in [0, 0.1) is 39.0 Å². The fourth-order valence-corrected chi connectivity index (χ4v) is 5.16. The number of aromatic nitrogens is 3. The predicted octanol–water partition coefficient (Wildman–Crippen LogP) is 3.90. The summed E-state index contributed by atoms with van der Waals surface area (Å²) in [5.41, 5.74) is 5.84. The molecule has 3 aromatic rings. The molecule has 0 aliphatic heterocycles. The molecule has 32 heavy (non-hydrogen) atoms. The van der Waals surface area contributed by atoms with Gasteiger partial charge in [-0.1, -0.05) is 24.3 Å². The largest absolute Gasteiger partial charge is 0.318 e. The molecular formula is C22H23N5O3S2. The maximum Gasteiger partial charge on any atom is 0.268 e. The van der Waals surface area contributed by atoms with Crippen LogP contribution in [0.25, 0.3) is 11.8 Å². The van der Waals surface area contributed by atoms with Crippen LogP contribution in [0.15, 0.2) is 34.2 Å². The number of rotatable bonds is 6. The summed E-state index contributed by atoms with van der Waals surface area (Å²) in [7, 11) is -3.52. The molecular weight excluding hydrogens is 446 g/mol. The van der Waals surface area contributed by atoms with Gasteiger partial charge in [0.05, 0.1) is 5.75 Å². The van der Waals surface area contributed by atoms with Crippen LogP contribution in [0.5, 0.6) is 0 Å². The average molecular weight is 470 g/mol. The van der Waals surface area contributed by atoms with Gasteiger partial charge in [0.1, 0.15) is 11.6 Å². The van der Waals surface area contributed by atoms with Crippen molar-refractivity contribution in [1.29, 1.82) is 5.26 Å². The second-order valence-electron chi connectivity index (χ2n) is 7.33. The lowest BCUT2D eigenvalue weighted by Gasteiger charge is -2.11. The molecule has 0 fully saturated rings. The van der Waals surface area contributed by atoms with E-state index in [-0.39, 0.29) is 20.8 Å². The summed E-state index contributed by atoms with van der Waals surface area (Å²) < 4.78 is 25.7. The molecule has 0 aliphatic carbocycles. The first-order chi connectivity index (χ1) is 15.1. The first-order valence-corrected chi connectivity index (χ1v) is 12.3. The van der Waals surface area contributed by atoms with Crippen molar-refractivity contribution in [3.8, 4) is 11.8 Å². The van der Waals surface area contributed by atoms with Gasteiger partial charge in [0, 0.05) is 17.1 Å². The molecule has 0 bridgehead atoms. The monoisotopic (exact) mass is 469 g/mol. The normalized spacial score (nSPS) is 11.9.